The summed E-state index contributed by atoms with van der Waals surface area (Å²) in [5, 5.41) is 3.14. The highest BCUT2D eigenvalue weighted by molar-refractivity contribution is 5.51. The lowest BCUT2D eigenvalue weighted by Crippen LogP contribution is -2.06. The topological polar surface area (TPSA) is 21.3 Å². The van der Waals surface area contributed by atoms with E-state index in [0.717, 1.165) is 29.8 Å². The zero-order chi connectivity index (χ0) is 14.4. The van der Waals surface area contributed by atoms with Crippen LogP contribution in [0.25, 0.3) is 0 Å². The molecule has 0 aromatic heterocycles. The van der Waals surface area contributed by atoms with Crippen molar-refractivity contribution in [3.8, 4) is 0 Å². The molecule has 0 spiro atoms. The van der Waals surface area contributed by atoms with Crippen molar-refractivity contribution in [2.45, 2.75) is 13.0 Å². The Morgan fingerprint density at radius 1 is 1.05 bits per heavy atom. The number of hydrogen-bond donors (Lipinski definition) is 1. The van der Waals surface area contributed by atoms with Gasteiger partial charge in [0.2, 0.25) is 0 Å². The Morgan fingerprint density at radius 3 is 2.65 bits per heavy atom. The number of rotatable bonds is 6. The van der Waals surface area contributed by atoms with Crippen molar-refractivity contribution >= 4 is 5.69 Å². The second kappa shape index (κ2) is 7.01. The second-order valence-electron chi connectivity index (χ2n) is 4.49. The third kappa shape index (κ3) is 3.78. The maximum atomic E-state index is 13.5. The molecule has 0 aliphatic heterocycles. The van der Waals surface area contributed by atoms with Crippen molar-refractivity contribution in [1.29, 1.82) is 0 Å². The van der Waals surface area contributed by atoms with E-state index in [9.17, 15) is 8.78 Å². The SMILES string of the molecule is COCCc1ccccc1NCc1cc(F)ccc1F. The van der Waals surface area contributed by atoms with Crippen molar-refractivity contribution in [3.63, 3.8) is 0 Å². The first-order valence-corrected chi connectivity index (χ1v) is 6.45. The number of hydrogen-bond acceptors (Lipinski definition) is 2. The van der Waals surface area contributed by atoms with Crippen LogP contribution in [-0.4, -0.2) is 13.7 Å². The summed E-state index contributed by atoms with van der Waals surface area (Å²) >= 11 is 0. The number of ether oxygens (including phenoxy) is 1. The fourth-order valence-corrected chi connectivity index (χ4v) is 1.99. The summed E-state index contributed by atoms with van der Waals surface area (Å²) < 4.78 is 31.7. The van der Waals surface area contributed by atoms with Crippen LogP contribution in [-0.2, 0) is 17.7 Å². The molecule has 20 heavy (non-hydrogen) atoms. The van der Waals surface area contributed by atoms with Gasteiger partial charge in [-0.05, 0) is 36.2 Å². The van der Waals surface area contributed by atoms with Crippen LogP contribution in [0.15, 0.2) is 42.5 Å². The van der Waals surface area contributed by atoms with Gasteiger partial charge < -0.3 is 10.1 Å². The molecule has 0 heterocycles. The van der Waals surface area contributed by atoms with Crippen LogP contribution in [0.3, 0.4) is 0 Å². The van der Waals surface area contributed by atoms with Crippen LogP contribution in [0.2, 0.25) is 0 Å². The number of para-hydroxylation sites is 1. The van der Waals surface area contributed by atoms with Crippen LogP contribution in [0, 0.1) is 11.6 Å². The molecule has 0 fully saturated rings. The zero-order valence-corrected chi connectivity index (χ0v) is 11.3. The van der Waals surface area contributed by atoms with Crippen LogP contribution in [0.4, 0.5) is 14.5 Å². The Hall–Kier alpha value is -1.94. The molecular weight excluding hydrogens is 260 g/mol. The fourth-order valence-electron chi connectivity index (χ4n) is 1.99. The van der Waals surface area contributed by atoms with E-state index in [1.54, 1.807) is 7.11 Å². The van der Waals surface area contributed by atoms with Gasteiger partial charge in [-0.25, -0.2) is 8.78 Å². The lowest BCUT2D eigenvalue weighted by atomic mass is 10.1. The van der Waals surface area contributed by atoms with Gasteiger partial charge in [-0.3, -0.25) is 0 Å². The number of methoxy groups -OCH3 is 1. The number of benzene rings is 2. The van der Waals surface area contributed by atoms with Crippen molar-refractivity contribution in [2.75, 3.05) is 19.0 Å². The summed E-state index contributed by atoms with van der Waals surface area (Å²) in [5.41, 5.74) is 2.31. The minimum atomic E-state index is -0.434. The Morgan fingerprint density at radius 2 is 1.85 bits per heavy atom. The van der Waals surface area contributed by atoms with Crippen molar-refractivity contribution in [3.05, 3.63) is 65.2 Å². The summed E-state index contributed by atoms with van der Waals surface area (Å²) in [7, 11) is 1.65. The van der Waals surface area contributed by atoms with Crippen LogP contribution in [0.5, 0.6) is 0 Å². The molecule has 106 valence electrons. The second-order valence-corrected chi connectivity index (χ2v) is 4.49. The highest BCUT2D eigenvalue weighted by Crippen LogP contribution is 2.18. The van der Waals surface area contributed by atoms with E-state index >= 15 is 0 Å². The summed E-state index contributed by atoms with van der Waals surface area (Å²) in [6.07, 6.45) is 0.769. The zero-order valence-electron chi connectivity index (χ0n) is 11.3. The maximum Gasteiger partial charge on any atom is 0.128 e. The normalized spacial score (nSPS) is 10.6. The maximum absolute atomic E-state index is 13.5. The minimum absolute atomic E-state index is 0.244. The molecule has 4 heteroatoms. The lowest BCUT2D eigenvalue weighted by Gasteiger charge is -2.12. The smallest absolute Gasteiger partial charge is 0.128 e. The van der Waals surface area contributed by atoms with Gasteiger partial charge >= 0.3 is 0 Å². The number of anilines is 1. The van der Waals surface area contributed by atoms with Gasteiger partial charge in [0.25, 0.3) is 0 Å². The van der Waals surface area contributed by atoms with Gasteiger partial charge in [-0.15, -0.1) is 0 Å². The van der Waals surface area contributed by atoms with E-state index in [4.69, 9.17) is 4.74 Å². The highest BCUT2D eigenvalue weighted by Gasteiger charge is 2.05. The predicted octanol–water partition coefficient (Wildman–Crippen LogP) is 3.77. The summed E-state index contributed by atoms with van der Waals surface area (Å²) in [5.74, 6) is -0.843. The molecule has 0 saturated heterocycles. The van der Waals surface area contributed by atoms with Crippen LogP contribution in [0.1, 0.15) is 11.1 Å². The molecule has 2 aromatic rings. The molecular formula is C16H17F2NO. The fraction of sp³-hybridized carbons (Fsp3) is 0.250. The van der Waals surface area contributed by atoms with Gasteiger partial charge in [0.05, 0.1) is 6.61 Å². The van der Waals surface area contributed by atoms with E-state index in [0.29, 0.717) is 12.2 Å². The first-order chi connectivity index (χ1) is 9.70. The summed E-state index contributed by atoms with van der Waals surface area (Å²) in [4.78, 5) is 0. The van der Waals surface area contributed by atoms with Gasteiger partial charge in [0.15, 0.2) is 0 Å². The van der Waals surface area contributed by atoms with E-state index in [2.05, 4.69) is 5.32 Å². The molecule has 0 aliphatic carbocycles. The number of nitrogens with one attached hydrogen (secondary N) is 1. The third-order valence-electron chi connectivity index (χ3n) is 3.07. The number of halogens is 2. The molecule has 0 radical (unpaired) electrons. The molecule has 2 aromatic carbocycles. The molecule has 2 rings (SSSR count). The summed E-state index contributed by atoms with van der Waals surface area (Å²) in [6.45, 7) is 0.862. The van der Waals surface area contributed by atoms with Gasteiger partial charge in [-0.1, -0.05) is 18.2 Å². The standard InChI is InChI=1S/C16H17F2NO/c1-20-9-8-12-4-2-3-5-16(12)19-11-13-10-14(17)6-7-15(13)18/h2-7,10,19H,8-9,11H2,1H3. The molecule has 0 aliphatic rings. The predicted molar refractivity (Wildman–Crippen MR) is 75.7 cm³/mol. The Balaban J connectivity index is 2.08. The monoisotopic (exact) mass is 277 g/mol. The third-order valence-corrected chi connectivity index (χ3v) is 3.07. The lowest BCUT2D eigenvalue weighted by molar-refractivity contribution is 0.202. The quantitative estimate of drug-likeness (QED) is 0.868. The molecule has 0 unspecified atom stereocenters. The van der Waals surface area contributed by atoms with Crippen LogP contribution < -0.4 is 5.32 Å². The average molecular weight is 277 g/mol. The Labute approximate surface area is 117 Å². The molecule has 0 atom stereocenters. The average Bonchev–Trinajstić information content (AvgIpc) is 2.47. The minimum Gasteiger partial charge on any atom is -0.384 e. The van der Waals surface area contributed by atoms with E-state index in [1.165, 1.54) is 6.07 Å². The van der Waals surface area contributed by atoms with E-state index < -0.39 is 11.6 Å². The van der Waals surface area contributed by atoms with Gasteiger partial charge in [0.1, 0.15) is 11.6 Å². The van der Waals surface area contributed by atoms with Crippen molar-refractivity contribution in [1.82, 2.24) is 0 Å². The van der Waals surface area contributed by atoms with Gasteiger partial charge in [0, 0.05) is 24.9 Å². The van der Waals surface area contributed by atoms with Crippen molar-refractivity contribution in [2.24, 2.45) is 0 Å². The molecule has 2 nitrogen and oxygen atoms in total. The van der Waals surface area contributed by atoms with E-state index in [1.807, 2.05) is 24.3 Å². The van der Waals surface area contributed by atoms with Crippen LogP contribution >= 0.6 is 0 Å². The highest BCUT2D eigenvalue weighted by atomic mass is 19.1. The Bertz CT molecular complexity index is 572. The molecule has 0 bridgehead atoms. The largest absolute Gasteiger partial charge is 0.384 e. The van der Waals surface area contributed by atoms with Crippen molar-refractivity contribution < 1.29 is 13.5 Å². The molecule has 0 saturated carbocycles. The van der Waals surface area contributed by atoms with Gasteiger partial charge in [-0.2, -0.15) is 0 Å². The molecule has 0 amide bonds. The molecule has 1 N–H and O–H groups in total. The first kappa shape index (κ1) is 14.5. The first-order valence-electron chi connectivity index (χ1n) is 6.45. The Kier molecular flexibility index (Phi) is 5.07. The summed E-state index contributed by atoms with van der Waals surface area (Å²) in [6, 6.07) is 11.2. The van der Waals surface area contributed by atoms with E-state index in [-0.39, 0.29) is 6.54 Å².